The van der Waals surface area contributed by atoms with Crippen LogP contribution in [0.2, 0.25) is 0 Å². The second kappa shape index (κ2) is 8.11. The van der Waals surface area contributed by atoms with Crippen LogP contribution < -0.4 is 16.9 Å². The normalized spacial score (nSPS) is 11.3. The van der Waals surface area contributed by atoms with E-state index in [0.29, 0.717) is 50.5 Å². The zero-order valence-electron chi connectivity index (χ0n) is 18.6. The standard InChI is InChI=1S/C27H20N6O2/c28-18-10-6-9-17(13-18)24-23-26(29)30-15-31-27(23)33(32-24)14-21-22(16-7-2-1-3-8-16)25(34)19-11-4-5-12-20(19)35-21/h1-13,15H,14,28H2,(H2,29,30,31). The van der Waals surface area contributed by atoms with Crippen molar-refractivity contribution in [2.75, 3.05) is 11.5 Å². The number of para-hydroxylation sites is 1. The second-order valence-corrected chi connectivity index (χ2v) is 8.18. The molecule has 0 atom stereocenters. The monoisotopic (exact) mass is 460 g/mol. The molecule has 6 rings (SSSR count). The maximum absolute atomic E-state index is 13.6. The minimum absolute atomic E-state index is 0.102. The molecule has 0 unspecified atom stereocenters. The highest BCUT2D eigenvalue weighted by Crippen LogP contribution is 2.32. The van der Waals surface area contributed by atoms with Crippen LogP contribution in [-0.2, 0) is 6.54 Å². The smallest absolute Gasteiger partial charge is 0.200 e. The van der Waals surface area contributed by atoms with Crippen LogP contribution in [0.3, 0.4) is 0 Å². The summed E-state index contributed by atoms with van der Waals surface area (Å²) in [6.07, 6.45) is 1.40. The van der Waals surface area contributed by atoms with Gasteiger partial charge in [-0.3, -0.25) is 4.79 Å². The van der Waals surface area contributed by atoms with Crippen molar-refractivity contribution in [1.82, 2.24) is 19.7 Å². The molecule has 0 fully saturated rings. The third-order valence-corrected chi connectivity index (χ3v) is 5.95. The molecule has 0 bridgehead atoms. The third kappa shape index (κ3) is 3.48. The van der Waals surface area contributed by atoms with Gasteiger partial charge in [-0.15, -0.1) is 0 Å². The average molecular weight is 460 g/mol. The minimum atomic E-state index is -0.102. The van der Waals surface area contributed by atoms with Gasteiger partial charge in [0.25, 0.3) is 0 Å². The van der Waals surface area contributed by atoms with Crippen LogP contribution in [0.1, 0.15) is 5.76 Å². The fraction of sp³-hybridized carbons (Fsp3) is 0.0370. The molecule has 3 heterocycles. The lowest BCUT2D eigenvalue weighted by Crippen LogP contribution is -2.12. The molecule has 0 aliphatic heterocycles. The topological polar surface area (TPSA) is 126 Å². The number of nitrogens with zero attached hydrogens (tertiary/aromatic N) is 4. The summed E-state index contributed by atoms with van der Waals surface area (Å²) in [5, 5.41) is 5.95. The van der Waals surface area contributed by atoms with Crippen molar-refractivity contribution in [2.24, 2.45) is 0 Å². The van der Waals surface area contributed by atoms with Crippen molar-refractivity contribution in [3.63, 3.8) is 0 Å². The van der Waals surface area contributed by atoms with Crippen LogP contribution in [0.25, 0.3) is 44.4 Å². The van der Waals surface area contributed by atoms with E-state index < -0.39 is 0 Å². The van der Waals surface area contributed by atoms with Gasteiger partial charge in [-0.25, -0.2) is 14.6 Å². The molecule has 3 aromatic carbocycles. The van der Waals surface area contributed by atoms with E-state index in [9.17, 15) is 4.79 Å². The van der Waals surface area contributed by atoms with Gasteiger partial charge in [0.05, 0.1) is 16.3 Å². The van der Waals surface area contributed by atoms with E-state index in [0.717, 1.165) is 11.1 Å². The van der Waals surface area contributed by atoms with Crippen molar-refractivity contribution >= 4 is 33.5 Å². The van der Waals surface area contributed by atoms with Crippen LogP contribution in [-0.4, -0.2) is 19.7 Å². The van der Waals surface area contributed by atoms with Crippen molar-refractivity contribution in [3.05, 3.63) is 101 Å². The summed E-state index contributed by atoms with van der Waals surface area (Å²) in [6.45, 7) is 0.166. The Hall–Kier alpha value is -4.98. The minimum Gasteiger partial charge on any atom is -0.458 e. The van der Waals surface area contributed by atoms with Gasteiger partial charge < -0.3 is 15.9 Å². The van der Waals surface area contributed by atoms with Crippen LogP contribution in [0.15, 0.2) is 94.4 Å². The molecule has 170 valence electrons. The van der Waals surface area contributed by atoms with E-state index in [1.54, 1.807) is 22.9 Å². The van der Waals surface area contributed by atoms with Crippen LogP contribution in [0, 0.1) is 0 Å². The van der Waals surface area contributed by atoms with Gasteiger partial charge in [0.1, 0.15) is 35.7 Å². The molecule has 0 aliphatic rings. The van der Waals surface area contributed by atoms with Crippen LogP contribution >= 0.6 is 0 Å². The summed E-state index contributed by atoms with van der Waals surface area (Å²) >= 11 is 0. The van der Waals surface area contributed by atoms with Gasteiger partial charge in [0.15, 0.2) is 5.65 Å². The number of hydrogen-bond donors (Lipinski definition) is 2. The molecule has 8 heteroatoms. The summed E-state index contributed by atoms with van der Waals surface area (Å²) in [5.41, 5.74) is 16.5. The Kier molecular flexibility index (Phi) is 4.77. The highest BCUT2D eigenvalue weighted by atomic mass is 16.3. The van der Waals surface area contributed by atoms with E-state index in [-0.39, 0.29) is 12.0 Å². The molecule has 35 heavy (non-hydrogen) atoms. The van der Waals surface area contributed by atoms with Crippen molar-refractivity contribution < 1.29 is 4.42 Å². The number of aromatic nitrogens is 4. The highest BCUT2D eigenvalue weighted by molar-refractivity contribution is 5.98. The highest BCUT2D eigenvalue weighted by Gasteiger charge is 2.21. The largest absolute Gasteiger partial charge is 0.458 e. The fourth-order valence-electron chi connectivity index (χ4n) is 4.36. The molecular formula is C27H20N6O2. The summed E-state index contributed by atoms with van der Waals surface area (Å²) in [4.78, 5) is 22.2. The van der Waals surface area contributed by atoms with Gasteiger partial charge in [-0.05, 0) is 29.8 Å². The molecule has 0 amide bonds. The first-order chi connectivity index (χ1) is 17.1. The molecule has 4 N–H and O–H groups in total. The van der Waals surface area contributed by atoms with Crippen LogP contribution in [0.5, 0.6) is 0 Å². The molecule has 0 saturated carbocycles. The van der Waals surface area contributed by atoms with Gasteiger partial charge >= 0.3 is 0 Å². The second-order valence-electron chi connectivity index (χ2n) is 8.18. The number of nitrogens with two attached hydrogens (primary N) is 2. The lowest BCUT2D eigenvalue weighted by Gasteiger charge is -2.11. The zero-order chi connectivity index (χ0) is 23.9. The van der Waals surface area contributed by atoms with Gasteiger partial charge in [0, 0.05) is 11.3 Å². The number of benzene rings is 3. The quantitative estimate of drug-likeness (QED) is 0.372. The van der Waals surface area contributed by atoms with E-state index in [4.69, 9.17) is 21.0 Å². The van der Waals surface area contributed by atoms with E-state index in [2.05, 4.69) is 9.97 Å². The van der Waals surface area contributed by atoms with Crippen molar-refractivity contribution in [2.45, 2.75) is 6.54 Å². The van der Waals surface area contributed by atoms with Gasteiger partial charge in [-0.2, -0.15) is 5.10 Å². The Morgan fingerprint density at radius 3 is 2.46 bits per heavy atom. The number of rotatable bonds is 4. The zero-order valence-corrected chi connectivity index (χ0v) is 18.6. The maximum Gasteiger partial charge on any atom is 0.200 e. The summed E-state index contributed by atoms with van der Waals surface area (Å²) in [6, 6.07) is 24.1. The molecule has 3 aromatic heterocycles. The molecule has 0 spiro atoms. The first-order valence-corrected chi connectivity index (χ1v) is 11.0. The predicted molar refractivity (Wildman–Crippen MR) is 137 cm³/mol. The van der Waals surface area contributed by atoms with E-state index in [1.807, 2.05) is 60.7 Å². The first kappa shape index (κ1) is 20.6. The molecule has 0 saturated heterocycles. The number of hydrogen-bond acceptors (Lipinski definition) is 7. The molecule has 8 nitrogen and oxygen atoms in total. The SMILES string of the molecule is Nc1cccc(-c2nn(Cc3oc4ccccc4c(=O)c3-c3ccccc3)c3ncnc(N)c23)c1. The van der Waals surface area contributed by atoms with Gasteiger partial charge in [0.2, 0.25) is 5.43 Å². The first-order valence-electron chi connectivity index (χ1n) is 11.0. The number of anilines is 2. The summed E-state index contributed by atoms with van der Waals surface area (Å²) in [5.74, 6) is 0.780. The van der Waals surface area contributed by atoms with Gasteiger partial charge in [-0.1, -0.05) is 54.6 Å². The Morgan fingerprint density at radius 1 is 0.857 bits per heavy atom. The van der Waals surface area contributed by atoms with E-state index >= 15 is 0 Å². The molecule has 0 aliphatic carbocycles. The Bertz CT molecular complexity index is 1770. The lowest BCUT2D eigenvalue weighted by atomic mass is 10.0. The lowest BCUT2D eigenvalue weighted by molar-refractivity contribution is 0.506. The third-order valence-electron chi connectivity index (χ3n) is 5.95. The Labute approximate surface area is 199 Å². The molecular weight excluding hydrogens is 440 g/mol. The Balaban J connectivity index is 1.60. The average Bonchev–Trinajstić information content (AvgIpc) is 3.24. The van der Waals surface area contributed by atoms with Crippen molar-refractivity contribution in [3.8, 4) is 22.4 Å². The van der Waals surface area contributed by atoms with Crippen molar-refractivity contribution in [1.29, 1.82) is 0 Å². The molecule has 6 aromatic rings. The summed E-state index contributed by atoms with van der Waals surface area (Å²) < 4.78 is 7.98. The fourth-order valence-corrected chi connectivity index (χ4v) is 4.36. The van der Waals surface area contributed by atoms with Crippen LogP contribution in [0.4, 0.5) is 11.5 Å². The molecule has 0 radical (unpaired) electrons. The predicted octanol–water partition coefficient (Wildman–Crippen LogP) is 4.48. The Morgan fingerprint density at radius 2 is 1.63 bits per heavy atom. The number of fused-ring (bicyclic) bond motifs is 2. The summed E-state index contributed by atoms with van der Waals surface area (Å²) in [7, 11) is 0. The number of nitrogen functional groups attached to an aromatic ring is 2. The maximum atomic E-state index is 13.6. The van der Waals surface area contributed by atoms with E-state index in [1.165, 1.54) is 6.33 Å².